The van der Waals surface area contributed by atoms with Gasteiger partial charge in [-0.2, -0.15) is 4.40 Å². The van der Waals surface area contributed by atoms with E-state index in [2.05, 4.69) is 34.2 Å². The number of esters is 1. The number of para-hydroxylation sites is 1. The number of halogens is 1. The fourth-order valence-electron chi connectivity index (χ4n) is 4.37. The molecule has 0 saturated heterocycles. The Balaban J connectivity index is 0.00000180. The number of hydrogen-bond donors (Lipinski definition) is 1. The van der Waals surface area contributed by atoms with Gasteiger partial charge in [-0.15, -0.1) is 0 Å². The van der Waals surface area contributed by atoms with Crippen LogP contribution in [0.4, 0.5) is 0 Å². The van der Waals surface area contributed by atoms with E-state index in [9.17, 15) is 4.79 Å². The summed E-state index contributed by atoms with van der Waals surface area (Å²) in [5.41, 5.74) is 3.73. The van der Waals surface area contributed by atoms with Crippen molar-refractivity contribution in [3.05, 3.63) is 48.5 Å². The van der Waals surface area contributed by atoms with Crippen molar-refractivity contribution in [3.8, 4) is 0 Å². The summed E-state index contributed by atoms with van der Waals surface area (Å²) in [7, 11) is 1.44. The number of nitrogens with zero attached hydrogens (tertiary/aromatic N) is 2. The van der Waals surface area contributed by atoms with Crippen molar-refractivity contribution in [3.63, 3.8) is 0 Å². The Morgan fingerprint density at radius 1 is 1.19 bits per heavy atom. The van der Waals surface area contributed by atoms with Crippen molar-refractivity contribution in [1.29, 1.82) is 0 Å². The molecule has 0 aliphatic heterocycles. The molecule has 5 rings (SSSR count). The number of methoxy groups -OCH3 is 1. The zero-order chi connectivity index (χ0) is 17.7. The van der Waals surface area contributed by atoms with E-state index >= 15 is 0 Å². The Labute approximate surface area is 163 Å². The molecule has 27 heavy (non-hydrogen) atoms. The maximum absolute atomic E-state index is 12.5. The normalized spacial score (nSPS) is 15.3. The standard InChI is InChI=1S/C21H21N3O2.ClH/c1-26-21(25)18-11-16-15-9-5-6-10-17(15)22-20(16)19-12-23(13-24(18)19)14-7-3-2-4-8-14;/h5-6,9-14H,2-4,7-8H2,1H3;1H. The van der Waals surface area contributed by atoms with Gasteiger partial charge in [-0.05, 0) is 31.7 Å². The second kappa shape index (κ2) is 6.89. The molecule has 0 radical (unpaired) electrons. The first kappa shape index (κ1) is 17.9. The lowest BCUT2D eigenvalue weighted by atomic mass is 9.95. The predicted molar refractivity (Wildman–Crippen MR) is 100 cm³/mol. The minimum atomic E-state index is -0.312. The molecule has 1 aromatic carbocycles. The smallest absolute Gasteiger partial charge is 0.378 e. The van der Waals surface area contributed by atoms with E-state index < -0.39 is 0 Å². The number of carbonyl (C=O) groups is 1. The summed E-state index contributed by atoms with van der Waals surface area (Å²) < 4.78 is 9.31. The van der Waals surface area contributed by atoms with Gasteiger partial charge in [0.15, 0.2) is 5.52 Å². The van der Waals surface area contributed by atoms with Crippen LogP contribution < -0.4 is 17.0 Å². The second-order valence-electron chi connectivity index (χ2n) is 7.22. The van der Waals surface area contributed by atoms with Gasteiger partial charge >= 0.3 is 5.97 Å². The van der Waals surface area contributed by atoms with E-state index in [4.69, 9.17) is 4.74 Å². The van der Waals surface area contributed by atoms with E-state index in [1.807, 2.05) is 22.6 Å². The number of pyridine rings is 1. The first-order valence-electron chi connectivity index (χ1n) is 9.31. The number of ether oxygens (including phenoxy) is 1. The van der Waals surface area contributed by atoms with E-state index in [0.717, 1.165) is 27.3 Å². The third-order valence-corrected chi connectivity index (χ3v) is 5.71. The molecule has 1 aliphatic carbocycles. The summed E-state index contributed by atoms with van der Waals surface area (Å²) in [6.07, 6.45) is 10.5. The highest BCUT2D eigenvalue weighted by Crippen LogP contribution is 2.30. The molecule has 1 fully saturated rings. The molecule has 0 atom stereocenters. The van der Waals surface area contributed by atoms with Crippen LogP contribution in [0.1, 0.15) is 48.6 Å². The summed E-state index contributed by atoms with van der Waals surface area (Å²) >= 11 is 0. The second-order valence-corrected chi connectivity index (χ2v) is 7.22. The van der Waals surface area contributed by atoms with E-state index in [1.165, 1.54) is 39.2 Å². The van der Waals surface area contributed by atoms with Crippen molar-refractivity contribution < 1.29 is 26.5 Å². The Morgan fingerprint density at radius 2 is 1.96 bits per heavy atom. The number of rotatable bonds is 2. The Hall–Kier alpha value is -2.53. The Bertz CT molecular complexity index is 1140. The summed E-state index contributed by atoms with van der Waals surface area (Å²) in [5, 5.41) is 2.18. The molecular weight excluding hydrogens is 362 g/mol. The molecule has 3 aromatic heterocycles. The van der Waals surface area contributed by atoms with Crippen LogP contribution in [0.25, 0.3) is 27.3 Å². The zero-order valence-corrected chi connectivity index (χ0v) is 16.0. The maximum Gasteiger partial charge on any atom is 0.378 e. The molecule has 0 bridgehead atoms. The Kier molecular flexibility index (Phi) is 4.56. The third kappa shape index (κ3) is 2.77. The van der Waals surface area contributed by atoms with Crippen LogP contribution in [-0.2, 0) is 4.74 Å². The first-order valence-corrected chi connectivity index (χ1v) is 9.31. The summed E-state index contributed by atoms with van der Waals surface area (Å²) in [6, 6.07) is 10.7. The van der Waals surface area contributed by atoms with Crippen molar-refractivity contribution in [2.24, 2.45) is 0 Å². The molecule has 1 aliphatic rings. The van der Waals surface area contributed by atoms with Crippen LogP contribution in [0.3, 0.4) is 0 Å². The number of hydrogen-bond acceptors (Lipinski definition) is 2. The highest BCUT2D eigenvalue weighted by atomic mass is 35.5. The number of carbonyl (C=O) groups excluding carboxylic acids is 1. The SMILES string of the molecule is COC(=O)c1cc2c3ccccc3[nH]c2c2c[n+](C3CCCCC3)cn12.[Cl-]. The largest absolute Gasteiger partial charge is 1.00 e. The van der Waals surface area contributed by atoms with Crippen LogP contribution in [0.5, 0.6) is 0 Å². The van der Waals surface area contributed by atoms with Gasteiger partial charge in [0, 0.05) is 22.4 Å². The zero-order valence-electron chi connectivity index (χ0n) is 15.2. The van der Waals surface area contributed by atoms with Crippen LogP contribution in [0.2, 0.25) is 0 Å². The van der Waals surface area contributed by atoms with E-state index in [-0.39, 0.29) is 18.4 Å². The monoisotopic (exact) mass is 383 g/mol. The molecule has 1 saturated carbocycles. The summed E-state index contributed by atoms with van der Waals surface area (Å²) in [5.74, 6) is -0.312. The number of fused-ring (bicyclic) bond motifs is 5. The average Bonchev–Trinajstić information content (AvgIpc) is 3.29. The van der Waals surface area contributed by atoms with Gasteiger partial charge < -0.3 is 22.1 Å². The lowest BCUT2D eigenvalue weighted by Gasteiger charge is -2.18. The number of imidazole rings is 1. The molecule has 1 N–H and O–H groups in total. The topological polar surface area (TPSA) is 50.4 Å². The van der Waals surface area contributed by atoms with Gasteiger partial charge in [-0.1, -0.05) is 24.6 Å². The fraction of sp³-hybridized carbons (Fsp3) is 0.333. The predicted octanol–water partition coefficient (Wildman–Crippen LogP) is 1.16. The molecule has 0 spiro atoms. The van der Waals surface area contributed by atoms with Gasteiger partial charge in [-0.3, -0.25) is 0 Å². The van der Waals surface area contributed by atoms with Crippen LogP contribution in [-0.4, -0.2) is 22.5 Å². The maximum atomic E-state index is 12.5. The van der Waals surface area contributed by atoms with Crippen molar-refractivity contribution in [2.45, 2.75) is 38.1 Å². The molecule has 140 valence electrons. The quantitative estimate of drug-likeness (QED) is 0.417. The van der Waals surface area contributed by atoms with Gasteiger partial charge in [0.2, 0.25) is 12.0 Å². The number of aromatic amines is 1. The fourth-order valence-corrected chi connectivity index (χ4v) is 4.37. The lowest BCUT2D eigenvalue weighted by molar-refractivity contribution is -0.724. The molecule has 0 unspecified atom stereocenters. The first-order chi connectivity index (χ1) is 12.8. The minimum Gasteiger partial charge on any atom is -1.00 e. The van der Waals surface area contributed by atoms with E-state index in [0.29, 0.717) is 11.7 Å². The molecule has 4 aromatic rings. The molecular formula is C21H22ClN3O2. The highest BCUT2D eigenvalue weighted by Gasteiger charge is 2.26. The number of aromatic nitrogens is 3. The van der Waals surface area contributed by atoms with Crippen molar-refractivity contribution in [1.82, 2.24) is 9.38 Å². The lowest BCUT2D eigenvalue weighted by Crippen LogP contribution is -3.00. The molecule has 6 heteroatoms. The van der Waals surface area contributed by atoms with Gasteiger partial charge in [0.05, 0.1) is 12.6 Å². The number of H-pyrrole nitrogens is 1. The molecule has 0 amide bonds. The third-order valence-electron chi connectivity index (χ3n) is 5.71. The minimum absolute atomic E-state index is 0. The highest BCUT2D eigenvalue weighted by molar-refractivity contribution is 6.13. The number of benzene rings is 1. The van der Waals surface area contributed by atoms with Gasteiger partial charge in [-0.25, -0.2) is 9.36 Å². The van der Waals surface area contributed by atoms with Crippen molar-refractivity contribution >= 4 is 33.3 Å². The van der Waals surface area contributed by atoms with Gasteiger partial charge in [0.1, 0.15) is 12.2 Å². The summed E-state index contributed by atoms with van der Waals surface area (Å²) in [6.45, 7) is 0. The van der Waals surface area contributed by atoms with Crippen LogP contribution in [0, 0.1) is 0 Å². The van der Waals surface area contributed by atoms with Gasteiger partial charge in [0.25, 0.3) is 0 Å². The summed E-state index contributed by atoms with van der Waals surface area (Å²) in [4.78, 5) is 16.0. The van der Waals surface area contributed by atoms with Crippen LogP contribution in [0.15, 0.2) is 42.9 Å². The van der Waals surface area contributed by atoms with E-state index in [1.54, 1.807) is 0 Å². The molecule has 3 heterocycles. The average molecular weight is 384 g/mol. The van der Waals surface area contributed by atoms with Crippen LogP contribution >= 0.6 is 0 Å². The number of nitrogens with one attached hydrogen (secondary N) is 1. The Morgan fingerprint density at radius 3 is 2.74 bits per heavy atom. The van der Waals surface area contributed by atoms with Crippen molar-refractivity contribution in [2.75, 3.05) is 7.11 Å². The molecule has 5 nitrogen and oxygen atoms in total.